The lowest BCUT2D eigenvalue weighted by atomic mass is 10.3. The predicted octanol–water partition coefficient (Wildman–Crippen LogP) is -0.717. The summed E-state index contributed by atoms with van der Waals surface area (Å²) in [4.78, 5) is 10.8. The molecule has 5 N–H and O–H groups in total. The first kappa shape index (κ1) is 14.6. The van der Waals surface area contributed by atoms with Gasteiger partial charge in [-0.3, -0.25) is 5.41 Å². The molecule has 16 heavy (non-hydrogen) atoms. The van der Waals surface area contributed by atoms with E-state index in [0.29, 0.717) is 12.8 Å². The molecule has 0 saturated heterocycles. The Morgan fingerprint density at radius 1 is 1.50 bits per heavy atom. The highest BCUT2D eigenvalue weighted by atomic mass is 32.2. The maximum atomic E-state index is 11.2. The summed E-state index contributed by atoms with van der Waals surface area (Å²) in [5.41, 5.74) is 5.08. The molecule has 0 atom stereocenters. The van der Waals surface area contributed by atoms with Gasteiger partial charge >= 0.3 is 16.3 Å². The molecule has 0 aromatic rings. The van der Waals surface area contributed by atoms with Crippen molar-refractivity contribution in [2.75, 3.05) is 13.2 Å². The fraction of sp³-hybridized carbons (Fsp3) is 0.714. The molecule has 0 heterocycles. The van der Waals surface area contributed by atoms with Gasteiger partial charge in [-0.2, -0.15) is 13.1 Å². The zero-order valence-electron chi connectivity index (χ0n) is 8.95. The lowest BCUT2D eigenvalue weighted by Crippen LogP contribution is -2.41. The Morgan fingerprint density at radius 3 is 2.62 bits per heavy atom. The summed E-state index contributed by atoms with van der Waals surface area (Å²) in [6.45, 7) is 1.74. The molecule has 0 aromatic heterocycles. The van der Waals surface area contributed by atoms with Crippen LogP contribution in [0.3, 0.4) is 0 Å². The minimum Gasteiger partial charge on any atom is -0.449 e. The molecule has 0 radical (unpaired) electrons. The van der Waals surface area contributed by atoms with E-state index in [4.69, 9.17) is 11.1 Å². The third kappa shape index (κ3) is 8.00. The molecule has 8 nitrogen and oxygen atoms in total. The second kappa shape index (κ2) is 7.01. The summed E-state index contributed by atoms with van der Waals surface area (Å²) >= 11 is 0. The van der Waals surface area contributed by atoms with E-state index in [1.54, 1.807) is 11.6 Å². The van der Waals surface area contributed by atoms with Crippen molar-refractivity contribution in [3.63, 3.8) is 0 Å². The maximum Gasteiger partial charge on any atom is 0.421 e. The third-order valence-corrected chi connectivity index (χ3v) is 2.43. The molecular weight excluding hydrogens is 236 g/mol. The van der Waals surface area contributed by atoms with Crippen LogP contribution in [0.5, 0.6) is 0 Å². The number of nitrogens with one attached hydrogen (secondary N) is 3. The number of nitrogens with two attached hydrogens (primary N) is 1. The number of amidine groups is 1. The summed E-state index contributed by atoms with van der Waals surface area (Å²) in [6, 6.07) is 0. The van der Waals surface area contributed by atoms with Gasteiger partial charge in [-0.15, -0.1) is 0 Å². The van der Waals surface area contributed by atoms with Gasteiger partial charge in [0.2, 0.25) is 0 Å². The molecule has 0 aromatic carbocycles. The largest absolute Gasteiger partial charge is 0.449 e. The molecular formula is C7H16N4O4S. The second-order valence-electron chi connectivity index (χ2n) is 2.85. The quantitative estimate of drug-likeness (QED) is 0.269. The van der Waals surface area contributed by atoms with E-state index < -0.39 is 16.3 Å². The van der Waals surface area contributed by atoms with Crippen molar-refractivity contribution in [2.45, 2.75) is 19.8 Å². The standard InChI is InChI=1S/C7H16N4O4S/c1-2-15-7(12)11-16(13,14)10-5-3-4-6(8)9/h10H,2-5H2,1H3,(H3,8,9)(H,11,12). The molecule has 1 amide bonds. The van der Waals surface area contributed by atoms with Crippen molar-refractivity contribution in [2.24, 2.45) is 5.73 Å². The zero-order valence-corrected chi connectivity index (χ0v) is 9.76. The monoisotopic (exact) mass is 252 g/mol. The van der Waals surface area contributed by atoms with Gasteiger partial charge in [-0.05, 0) is 13.3 Å². The van der Waals surface area contributed by atoms with Crippen molar-refractivity contribution in [1.82, 2.24) is 9.44 Å². The van der Waals surface area contributed by atoms with Crippen LogP contribution in [0.25, 0.3) is 0 Å². The molecule has 0 spiro atoms. The topological polar surface area (TPSA) is 134 Å². The number of ether oxygens (including phenoxy) is 1. The summed E-state index contributed by atoms with van der Waals surface area (Å²) in [5.74, 6) is -0.0162. The SMILES string of the molecule is CCOC(=O)NS(=O)(=O)NCCCC(=N)N. The van der Waals surface area contributed by atoms with Gasteiger partial charge in [-0.1, -0.05) is 0 Å². The molecule has 0 unspecified atom stereocenters. The number of amides is 1. The molecule has 9 heteroatoms. The Balaban J connectivity index is 3.87. The van der Waals surface area contributed by atoms with E-state index in [9.17, 15) is 13.2 Å². The van der Waals surface area contributed by atoms with Crippen LogP contribution in [0.2, 0.25) is 0 Å². The Labute approximate surface area is 94.2 Å². The van der Waals surface area contributed by atoms with Gasteiger partial charge in [0.05, 0.1) is 12.4 Å². The predicted molar refractivity (Wildman–Crippen MR) is 58.2 cm³/mol. The molecule has 0 fully saturated rings. The van der Waals surface area contributed by atoms with Crippen LogP contribution in [0.15, 0.2) is 0 Å². The van der Waals surface area contributed by atoms with Crippen LogP contribution >= 0.6 is 0 Å². The number of carbonyl (C=O) groups is 1. The molecule has 0 saturated carbocycles. The van der Waals surface area contributed by atoms with Crippen LogP contribution < -0.4 is 15.2 Å². The molecule has 0 aliphatic heterocycles. The van der Waals surface area contributed by atoms with Crippen LogP contribution in [-0.2, 0) is 14.9 Å². The Bertz CT molecular complexity index is 340. The van der Waals surface area contributed by atoms with Gasteiger partial charge in [0, 0.05) is 13.0 Å². The van der Waals surface area contributed by atoms with E-state index in [0.717, 1.165) is 0 Å². The number of rotatable bonds is 7. The van der Waals surface area contributed by atoms with Crippen LogP contribution in [0.4, 0.5) is 4.79 Å². The molecule has 94 valence electrons. The van der Waals surface area contributed by atoms with Crippen molar-refractivity contribution in [3.05, 3.63) is 0 Å². The molecule has 0 bridgehead atoms. The van der Waals surface area contributed by atoms with E-state index in [1.165, 1.54) is 0 Å². The maximum absolute atomic E-state index is 11.2. The summed E-state index contributed by atoms with van der Waals surface area (Å²) in [6.07, 6.45) is -0.345. The average molecular weight is 252 g/mol. The number of hydrogen-bond donors (Lipinski definition) is 4. The fourth-order valence-electron chi connectivity index (χ4n) is 0.792. The molecule has 0 aliphatic rings. The van der Waals surface area contributed by atoms with E-state index >= 15 is 0 Å². The van der Waals surface area contributed by atoms with E-state index in [1.807, 2.05) is 0 Å². The highest BCUT2D eigenvalue weighted by molar-refractivity contribution is 7.88. The molecule has 0 rings (SSSR count). The smallest absolute Gasteiger partial charge is 0.421 e. The summed E-state index contributed by atoms with van der Waals surface area (Å²) in [5, 5.41) is 6.91. The van der Waals surface area contributed by atoms with Crippen molar-refractivity contribution in [1.29, 1.82) is 5.41 Å². The number of hydrogen-bond acceptors (Lipinski definition) is 5. The normalized spacial score (nSPS) is 10.8. The summed E-state index contributed by atoms with van der Waals surface area (Å²) in [7, 11) is -3.89. The second-order valence-corrected chi connectivity index (χ2v) is 4.35. The highest BCUT2D eigenvalue weighted by Crippen LogP contribution is 1.87. The van der Waals surface area contributed by atoms with Crippen LogP contribution in [0.1, 0.15) is 19.8 Å². The van der Waals surface area contributed by atoms with E-state index in [2.05, 4.69) is 9.46 Å². The highest BCUT2D eigenvalue weighted by Gasteiger charge is 2.13. The average Bonchev–Trinajstić information content (AvgIpc) is 2.11. The first-order chi connectivity index (χ1) is 7.37. The van der Waals surface area contributed by atoms with Gasteiger partial charge < -0.3 is 10.5 Å². The van der Waals surface area contributed by atoms with E-state index in [-0.39, 0.29) is 19.0 Å². The first-order valence-electron chi connectivity index (χ1n) is 4.64. The van der Waals surface area contributed by atoms with Crippen LogP contribution in [0, 0.1) is 5.41 Å². The van der Waals surface area contributed by atoms with Gasteiger partial charge in [0.25, 0.3) is 0 Å². The minimum atomic E-state index is -3.89. The Kier molecular flexibility index (Phi) is 6.42. The van der Waals surface area contributed by atoms with Gasteiger partial charge in [-0.25, -0.2) is 9.52 Å². The zero-order chi connectivity index (χ0) is 12.6. The lowest BCUT2D eigenvalue weighted by Gasteiger charge is -2.07. The van der Waals surface area contributed by atoms with Gasteiger partial charge in [0.15, 0.2) is 0 Å². The first-order valence-corrected chi connectivity index (χ1v) is 6.12. The third-order valence-electron chi connectivity index (χ3n) is 1.41. The minimum absolute atomic E-state index is 0.0162. The Hall–Kier alpha value is -1.35. The summed E-state index contributed by atoms with van der Waals surface area (Å²) < 4.78 is 30.5. The van der Waals surface area contributed by atoms with Gasteiger partial charge in [0.1, 0.15) is 0 Å². The lowest BCUT2D eigenvalue weighted by molar-refractivity contribution is 0.158. The fourth-order valence-corrected chi connectivity index (χ4v) is 1.56. The van der Waals surface area contributed by atoms with Crippen molar-refractivity contribution < 1.29 is 17.9 Å². The molecule has 0 aliphatic carbocycles. The van der Waals surface area contributed by atoms with Crippen molar-refractivity contribution >= 4 is 22.1 Å². The Morgan fingerprint density at radius 2 is 2.12 bits per heavy atom. The van der Waals surface area contributed by atoms with Crippen LogP contribution in [-0.4, -0.2) is 33.5 Å². The van der Waals surface area contributed by atoms with Crippen molar-refractivity contribution in [3.8, 4) is 0 Å². The number of carbonyl (C=O) groups excluding carboxylic acids is 1.